The normalized spacial score (nSPS) is 11.4. The van der Waals surface area contributed by atoms with Gasteiger partial charge in [0.2, 0.25) is 0 Å². The molecule has 0 aliphatic heterocycles. The molecule has 0 fully saturated rings. The molecule has 0 atom stereocenters. The summed E-state index contributed by atoms with van der Waals surface area (Å²) in [5.74, 6) is 1.84. The van der Waals surface area contributed by atoms with Gasteiger partial charge in [-0.15, -0.1) is 0 Å². The number of nitrogens with zero attached hydrogens (tertiary/aromatic N) is 3. The highest BCUT2D eigenvalue weighted by Crippen LogP contribution is 2.41. The van der Waals surface area contributed by atoms with Gasteiger partial charge in [0, 0.05) is 27.5 Å². The van der Waals surface area contributed by atoms with Crippen LogP contribution in [0.1, 0.15) is 0 Å². The van der Waals surface area contributed by atoms with Gasteiger partial charge in [0.05, 0.1) is 0 Å². The van der Waals surface area contributed by atoms with Crippen LogP contribution in [0.5, 0.6) is 0 Å². The number of aromatic nitrogens is 3. The van der Waals surface area contributed by atoms with Crippen molar-refractivity contribution in [3.05, 3.63) is 164 Å². The first-order valence-electron chi connectivity index (χ1n) is 15.7. The fraction of sp³-hybridized carbons (Fsp3) is 0. The molecule has 0 bridgehead atoms. The minimum atomic E-state index is 0.601. The molecule has 0 radical (unpaired) electrons. The van der Waals surface area contributed by atoms with Gasteiger partial charge in [-0.2, -0.15) is 0 Å². The van der Waals surface area contributed by atoms with E-state index in [0.29, 0.717) is 17.5 Å². The van der Waals surface area contributed by atoms with Crippen molar-refractivity contribution in [3.63, 3.8) is 0 Å². The molecular formula is C43H27N3O. The van der Waals surface area contributed by atoms with Gasteiger partial charge >= 0.3 is 0 Å². The van der Waals surface area contributed by atoms with E-state index in [2.05, 4.69) is 103 Å². The van der Waals surface area contributed by atoms with Crippen LogP contribution in [0.25, 0.3) is 89.1 Å². The van der Waals surface area contributed by atoms with Crippen LogP contribution in [0.3, 0.4) is 0 Å². The van der Waals surface area contributed by atoms with Crippen molar-refractivity contribution >= 4 is 32.7 Å². The summed E-state index contributed by atoms with van der Waals surface area (Å²) in [6.45, 7) is 0. The van der Waals surface area contributed by atoms with Gasteiger partial charge in [0.15, 0.2) is 17.5 Å². The summed E-state index contributed by atoms with van der Waals surface area (Å²) < 4.78 is 6.42. The third kappa shape index (κ3) is 4.84. The molecular weight excluding hydrogens is 574 g/mol. The summed E-state index contributed by atoms with van der Waals surface area (Å²) in [5, 5.41) is 4.49. The van der Waals surface area contributed by atoms with E-state index in [-0.39, 0.29) is 0 Å². The van der Waals surface area contributed by atoms with Gasteiger partial charge in [0.1, 0.15) is 11.2 Å². The largest absolute Gasteiger partial charge is 0.456 e. The molecule has 4 nitrogen and oxygen atoms in total. The van der Waals surface area contributed by atoms with E-state index >= 15 is 0 Å². The fourth-order valence-corrected chi connectivity index (χ4v) is 6.43. The number of furan rings is 1. The SMILES string of the molecule is c1ccc(-c2nc(-c3ccc(-c4ccc5ccccc5c4)cc3)nc(-c3cccc4oc5cccc(-c6ccccc6)c5c34)n2)cc1. The van der Waals surface area contributed by atoms with E-state index in [4.69, 9.17) is 19.4 Å². The number of hydrogen-bond donors (Lipinski definition) is 0. The molecule has 0 N–H and O–H groups in total. The molecule has 0 saturated heterocycles. The van der Waals surface area contributed by atoms with Crippen molar-refractivity contribution in [1.82, 2.24) is 15.0 Å². The molecule has 0 spiro atoms. The molecule has 0 aliphatic carbocycles. The van der Waals surface area contributed by atoms with Crippen molar-refractivity contribution in [3.8, 4) is 56.4 Å². The molecule has 4 heteroatoms. The first-order valence-corrected chi connectivity index (χ1v) is 15.7. The Morgan fingerprint density at radius 3 is 1.53 bits per heavy atom. The Hall–Kier alpha value is -6.39. The molecule has 9 rings (SSSR count). The zero-order chi connectivity index (χ0) is 31.2. The zero-order valence-electron chi connectivity index (χ0n) is 25.3. The molecule has 7 aromatic carbocycles. The Morgan fingerprint density at radius 1 is 0.319 bits per heavy atom. The summed E-state index contributed by atoms with van der Waals surface area (Å²) in [6, 6.07) is 56.3. The summed E-state index contributed by atoms with van der Waals surface area (Å²) in [7, 11) is 0. The number of hydrogen-bond acceptors (Lipinski definition) is 4. The Labute approximate surface area is 271 Å². The van der Waals surface area contributed by atoms with Gasteiger partial charge in [-0.1, -0.05) is 146 Å². The topological polar surface area (TPSA) is 51.8 Å². The third-order valence-electron chi connectivity index (χ3n) is 8.74. The van der Waals surface area contributed by atoms with Crippen molar-refractivity contribution in [1.29, 1.82) is 0 Å². The molecule has 2 aromatic heterocycles. The van der Waals surface area contributed by atoms with Crippen molar-refractivity contribution in [2.45, 2.75) is 0 Å². The highest BCUT2D eigenvalue weighted by molar-refractivity contribution is 6.17. The van der Waals surface area contributed by atoms with E-state index in [0.717, 1.165) is 55.3 Å². The van der Waals surface area contributed by atoms with Gasteiger partial charge in [-0.3, -0.25) is 0 Å². The molecule has 0 aliphatic rings. The minimum Gasteiger partial charge on any atom is -0.456 e. The first-order chi connectivity index (χ1) is 23.3. The zero-order valence-corrected chi connectivity index (χ0v) is 25.3. The van der Waals surface area contributed by atoms with Crippen LogP contribution >= 0.6 is 0 Å². The highest BCUT2D eigenvalue weighted by atomic mass is 16.3. The van der Waals surface area contributed by atoms with E-state index in [9.17, 15) is 0 Å². The maximum atomic E-state index is 6.42. The van der Waals surface area contributed by atoms with Crippen LogP contribution in [0.2, 0.25) is 0 Å². The standard InChI is InChI=1S/C43H27N3O/c1-3-12-30(13-4-1)35-17-9-19-37-39(35)40-36(18-10-20-38(40)47-37)43-45-41(31-14-5-2-6-15-31)44-42(46-43)32-24-21-29(22-25-32)34-26-23-28-11-7-8-16-33(28)27-34/h1-27H. The molecule has 220 valence electrons. The van der Waals surface area contributed by atoms with E-state index < -0.39 is 0 Å². The van der Waals surface area contributed by atoms with Gasteiger partial charge in [0.25, 0.3) is 0 Å². The lowest BCUT2D eigenvalue weighted by Gasteiger charge is -2.11. The Balaban J connectivity index is 1.22. The molecule has 47 heavy (non-hydrogen) atoms. The predicted molar refractivity (Wildman–Crippen MR) is 192 cm³/mol. The van der Waals surface area contributed by atoms with Crippen LogP contribution in [0.4, 0.5) is 0 Å². The van der Waals surface area contributed by atoms with E-state index in [1.165, 1.54) is 16.3 Å². The molecule has 0 unspecified atom stereocenters. The number of fused-ring (bicyclic) bond motifs is 4. The first kappa shape index (κ1) is 27.0. The molecule has 2 heterocycles. The second-order valence-corrected chi connectivity index (χ2v) is 11.6. The monoisotopic (exact) mass is 601 g/mol. The second kappa shape index (κ2) is 11.2. The maximum Gasteiger partial charge on any atom is 0.164 e. The third-order valence-corrected chi connectivity index (χ3v) is 8.74. The molecule has 9 aromatic rings. The summed E-state index contributed by atoms with van der Waals surface area (Å²) in [6.07, 6.45) is 0. The summed E-state index contributed by atoms with van der Waals surface area (Å²) in [4.78, 5) is 15.2. The van der Waals surface area contributed by atoms with Crippen molar-refractivity contribution in [2.24, 2.45) is 0 Å². The predicted octanol–water partition coefficient (Wildman–Crippen LogP) is 11.3. The van der Waals surface area contributed by atoms with Gasteiger partial charge in [-0.05, 0) is 51.2 Å². The Bertz CT molecular complexity index is 2550. The quantitative estimate of drug-likeness (QED) is 0.197. The van der Waals surface area contributed by atoms with Crippen LogP contribution < -0.4 is 0 Å². The summed E-state index contributed by atoms with van der Waals surface area (Å²) >= 11 is 0. The van der Waals surface area contributed by atoms with Crippen molar-refractivity contribution < 1.29 is 4.42 Å². The fourth-order valence-electron chi connectivity index (χ4n) is 6.43. The summed E-state index contributed by atoms with van der Waals surface area (Å²) in [5.41, 5.74) is 8.92. The average Bonchev–Trinajstić information content (AvgIpc) is 3.54. The second-order valence-electron chi connectivity index (χ2n) is 11.6. The highest BCUT2D eigenvalue weighted by Gasteiger charge is 2.20. The van der Waals surface area contributed by atoms with Gasteiger partial charge < -0.3 is 4.42 Å². The Morgan fingerprint density at radius 2 is 0.830 bits per heavy atom. The lowest BCUT2D eigenvalue weighted by Crippen LogP contribution is -2.00. The lowest BCUT2D eigenvalue weighted by atomic mass is 9.97. The maximum absolute atomic E-state index is 6.42. The molecule has 0 saturated carbocycles. The Kier molecular flexibility index (Phi) is 6.43. The minimum absolute atomic E-state index is 0.601. The van der Waals surface area contributed by atoms with Crippen LogP contribution in [0, 0.1) is 0 Å². The smallest absolute Gasteiger partial charge is 0.164 e. The van der Waals surface area contributed by atoms with Crippen LogP contribution in [0.15, 0.2) is 168 Å². The van der Waals surface area contributed by atoms with E-state index in [1.807, 2.05) is 60.7 Å². The van der Waals surface area contributed by atoms with Crippen LogP contribution in [-0.4, -0.2) is 15.0 Å². The average molecular weight is 602 g/mol. The van der Waals surface area contributed by atoms with Crippen LogP contribution in [-0.2, 0) is 0 Å². The number of rotatable bonds is 5. The lowest BCUT2D eigenvalue weighted by molar-refractivity contribution is 0.669. The number of benzene rings is 7. The van der Waals surface area contributed by atoms with Crippen molar-refractivity contribution in [2.75, 3.05) is 0 Å². The van der Waals surface area contributed by atoms with E-state index in [1.54, 1.807) is 0 Å². The molecule has 0 amide bonds. The van der Waals surface area contributed by atoms with Gasteiger partial charge in [-0.25, -0.2) is 15.0 Å².